The van der Waals surface area contributed by atoms with Crippen molar-refractivity contribution in [1.82, 2.24) is 0 Å². The van der Waals surface area contributed by atoms with E-state index >= 15 is 0 Å². The minimum atomic E-state index is 0.610. The van der Waals surface area contributed by atoms with Crippen molar-refractivity contribution in [3.05, 3.63) is 95.0 Å². The summed E-state index contributed by atoms with van der Waals surface area (Å²) >= 11 is 3.48. The topological polar surface area (TPSA) is 21.6 Å². The molecular formula is C23H14BrNO. The number of hydrogen-bond donors (Lipinski definition) is 0. The second-order valence-electron chi connectivity index (χ2n) is 6.20. The fourth-order valence-electron chi connectivity index (χ4n) is 3.35. The number of nitrogens with zero attached hydrogens (tertiary/aromatic N) is 1. The molecule has 0 aromatic heterocycles. The van der Waals surface area contributed by atoms with Crippen molar-refractivity contribution in [1.29, 1.82) is 0 Å². The second-order valence-corrected chi connectivity index (χ2v) is 7.12. The van der Waals surface area contributed by atoms with Crippen LogP contribution >= 0.6 is 15.9 Å². The summed E-state index contributed by atoms with van der Waals surface area (Å²) in [6.07, 6.45) is 0. The average molecular weight is 400 g/mol. The highest BCUT2D eigenvalue weighted by Gasteiger charge is 2.20. The summed E-state index contributed by atoms with van der Waals surface area (Å²) in [5.41, 5.74) is 4.05. The lowest BCUT2D eigenvalue weighted by molar-refractivity contribution is 0.557. The molecule has 0 atom stereocenters. The molecule has 0 radical (unpaired) electrons. The molecule has 3 heteroatoms. The van der Waals surface area contributed by atoms with E-state index in [0.717, 1.165) is 32.6 Å². The highest BCUT2D eigenvalue weighted by molar-refractivity contribution is 9.10. The number of aliphatic imine (C=N–C) groups is 1. The van der Waals surface area contributed by atoms with Crippen LogP contribution in [0.15, 0.2) is 94.4 Å². The molecule has 1 heterocycles. The zero-order valence-electron chi connectivity index (χ0n) is 13.8. The van der Waals surface area contributed by atoms with Gasteiger partial charge in [-0.15, -0.1) is 0 Å². The Labute approximate surface area is 159 Å². The third kappa shape index (κ3) is 2.52. The minimum Gasteiger partial charge on any atom is -0.438 e. The molecule has 0 spiro atoms. The lowest BCUT2D eigenvalue weighted by Crippen LogP contribution is -2.09. The first-order chi connectivity index (χ1) is 12.8. The van der Waals surface area contributed by atoms with Crippen molar-refractivity contribution in [3.8, 4) is 16.9 Å². The van der Waals surface area contributed by atoms with E-state index in [-0.39, 0.29) is 0 Å². The molecular weight excluding hydrogens is 386 g/mol. The molecule has 0 bridgehead atoms. The Morgan fingerprint density at radius 2 is 1.50 bits per heavy atom. The Morgan fingerprint density at radius 3 is 2.38 bits per heavy atom. The number of benzene rings is 4. The quantitative estimate of drug-likeness (QED) is 0.347. The number of halogens is 1. The van der Waals surface area contributed by atoms with E-state index < -0.39 is 0 Å². The predicted molar refractivity (Wildman–Crippen MR) is 110 cm³/mol. The maximum absolute atomic E-state index is 6.25. The van der Waals surface area contributed by atoms with Crippen LogP contribution < -0.4 is 4.74 Å². The van der Waals surface area contributed by atoms with Gasteiger partial charge in [-0.2, -0.15) is 0 Å². The number of fused-ring (bicyclic) bond motifs is 5. The fraction of sp³-hybridized carbons (Fsp3) is 0. The van der Waals surface area contributed by atoms with Gasteiger partial charge < -0.3 is 4.74 Å². The van der Waals surface area contributed by atoms with Crippen molar-refractivity contribution in [2.24, 2.45) is 4.99 Å². The van der Waals surface area contributed by atoms with Crippen LogP contribution in [0, 0.1) is 0 Å². The largest absolute Gasteiger partial charge is 0.438 e. The van der Waals surface area contributed by atoms with Gasteiger partial charge in [0, 0.05) is 21.2 Å². The van der Waals surface area contributed by atoms with Gasteiger partial charge in [0.25, 0.3) is 0 Å². The minimum absolute atomic E-state index is 0.610. The Kier molecular flexibility index (Phi) is 3.61. The zero-order chi connectivity index (χ0) is 17.5. The Balaban J connectivity index is 1.83. The first kappa shape index (κ1) is 15.4. The normalized spacial score (nSPS) is 12.6. The molecule has 0 aliphatic carbocycles. The van der Waals surface area contributed by atoms with Crippen LogP contribution in [0.3, 0.4) is 0 Å². The van der Waals surface area contributed by atoms with Crippen molar-refractivity contribution in [2.45, 2.75) is 0 Å². The van der Waals surface area contributed by atoms with Gasteiger partial charge in [0.1, 0.15) is 5.75 Å². The molecule has 0 fully saturated rings. The van der Waals surface area contributed by atoms with E-state index in [0.29, 0.717) is 5.90 Å². The summed E-state index contributed by atoms with van der Waals surface area (Å²) in [7, 11) is 0. The van der Waals surface area contributed by atoms with Crippen LogP contribution in [0.4, 0.5) is 5.69 Å². The number of hydrogen-bond acceptors (Lipinski definition) is 2. The molecule has 0 unspecified atom stereocenters. The predicted octanol–water partition coefficient (Wildman–Crippen LogP) is 6.74. The molecule has 0 saturated heterocycles. The summed E-state index contributed by atoms with van der Waals surface area (Å²) in [4.78, 5) is 4.88. The SMILES string of the molecule is Brc1ccc(C2=Nc3ccc4ccccc4c3-c3ccccc3O2)cc1. The van der Waals surface area contributed by atoms with Gasteiger partial charge in [-0.05, 0) is 47.2 Å². The van der Waals surface area contributed by atoms with Gasteiger partial charge >= 0.3 is 0 Å². The number of rotatable bonds is 1. The summed E-state index contributed by atoms with van der Waals surface area (Å²) in [5, 5.41) is 2.38. The van der Waals surface area contributed by atoms with Crippen LogP contribution in [-0.2, 0) is 0 Å². The van der Waals surface area contributed by atoms with Crippen LogP contribution in [0.5, 0.6) is 5.75 Å². The van der Waals surface area contributed by atoms with Crippen molar-refractivity contribution in [2.75, 3.05) is 0 Å². The lowest BCUT2D eigenvalue weighted by atomic mass is 9.96. The third-order valence-electron chi connectivity index (χ3n) is 4.58. The van der Waals surface area contributed by atoms with Crippen molar-refractivity contribution < 1.29 is 4.74 Å². The monoisotopic (exact) mass is 399 g/mol. The Hall–Kier alpha value is -2.91. The van der Waals surface area contributed by atoms with E-state index in [9.17, 15) is 0 Å². The molecule has 4 aromatic carbocycles. The number of para-hydroxylation sites is 1. The van der Waals surface area contributed by atoms with E-state index in [1.807, 2.05) is 42.5 Å². The molecule has 124 valence electrons. The maximum atomic E-state index is 6.25. The van der Waals surface area contributed by atoms with Gasteiger partial charge in [0.2, 0.25) is 5.90 Å². The summed E-state index contributed by atoms with van der Waals surface area (Å²) in [5.74, 6) is 1.43. The Bertz CT molecular complexity index is 1160. The van der Waals surface area contributed by atoms with Crippen LogP contribution in [0.25, 0.3) is 21.9 Å². The molecule has 0 amide bonds. The molecule has 5 rings (SSSR count). The van der Waals surface area contributed by atoms with Gasteiger partial charge in [0.15, 0.2) is 0 Å². The smallest absolute Gasteiger partial charge is 0.227 e. The number of ether oxygens (including phenoxy) is 1. The molecule has 4 aromatic rings. The molecule has 1 aliphatic heterocycles. The molecule has 0 N–H and O–H groups in total. The van der Waals surface area contributed by atoms with Crippen molar-refractivity contribution >= 4 is 38.3 Å². The molecule has 2 nitrogen and oxygen atoms in total. The van der Waals surface area contributed by atoms with E-state index in [1.54, 1.807) is 0 Å². The van der Waals surface area contributed by atoms with Gasteiger partial charge in [0.05, 0.1) is 5.69 Å². The third-order valence-corrected chi connectivity index (χ3v) is 5.11. The first-order valence-corrected chi connectivity index (χ1v) is 9.22. The average Bonchev–Trinajstić information content (AvgIpc) is 2.85. The molecule has 0 saturated carbocycles. The van der Waals surface area contributed by atoms with Crippen molar-refractivity contribution in [3.63, 3.8) is 0 Å². The first-order valence-electron chi connectivity index (χ1n) is 8.43. The zero-order valence-corrected chi connectivity index (χ0v) is 15.4. The second kappa shape index (κ2) is 6.11. The standard InChI is InChI=1S/C23H14BrNO/c24-17-12-9-16(10-13-17)23-25-20-14-11-15-5-1-2-6-18(15)22(20)19-7-3-4-8-21(19)26-23/h1-14H. The van der Waals surface area contributed by atoms with E-state index in [1.165, 1.54) is 10.8 Å². The molecule has 26 heavy (non-hydrogen) atoms. The highest BCUT2D eigenvalue weighted by atomic mass is 79.9. The lowest BCUT2D eigenvalue weighted by Gasteiger charge is -2.11. The van der Waals surface area contributed by atoms with E-state index in [2.05, 4.69) is 58.4 Å². The maximum Gasteiger partial charge on any atom is 0.227 e. The highest BCUT2D eigenvalue weighted by Crippen LogP contribution is 2.43. The van der Waals surface area contributed by atoms with E-state index in [4.69, 9.17) is 9.73 Å². The van der Waals surface area contributed by atoms with Gasteiger partial charge in [-0.1, -0.05) is 64.5 Å². The Morgan fingerprint density at radius 1 is 0.731 bits per heavy atom. The van der Waals surface area contributed by atoms with Gasteiger partial charge in [-0.3, -0.25) is 0 Å². The van der Waals surface area contributed by atoms with Gasteiger partial charge in [-0.25, -0.2) is 4.99 Å². The summed E-state index contributed by atoms with van der Waals surface area (Å²) in [6, 6.07) is 28.7. The van der Waals surface area contributed by atoms with Crippen LogP contribution in [0.2, 0.25) is 0 Å². The van der Waals surface area contributed by atoms with Crippen LogP contribution in [0.1, 0.15) is 5.56 Å². The summed E-state index contributed by atoms with van der Waals surface area (Å²) < 4.78 is 7.28. The summed E-state index contributed by atoms with van der Waals surface area (Å²) in [6.45, 7) is 0. The van der Waals surface area contributed by atoms with Crippen LogP contribution in [-0.4, -0.2) is 5.90 Å². The fourth-order valence-corrected chi connectivity index (χ4v) is 3.62. The molecule has 1 aliphatic rings.